The molecule has 140 valence electrons. The summed E-state index contributed by atoms with van der Waals surface area (Å²) in [6, 6.07) is 23.1. The Hall–Kier alpha value is -3.38. The number of thiazole rings is 1. The van der Waals surface area contributed by atoms with Gasteiger partial charge in [0.1, 0.15) is 10.8 Å². The van der Waals surface area contributed by atoms with Crippen molar-refractivity contribution in [3.63, 3.8) is 0 Å². The van der Waals surface area contributed by atoms with Crippen molar-refractivity contribution in [3.8, 4) is 16.3 Å². The van der Waals surface area contributed by atoms with Crippen LogP contribution in [0.25, 0.3) is 20.8 Å². The monoisotopic (exact) mass is 389 g/mol. The van der Waals surface area contributed by atoms with Crippen LogP contribution < -0.4 is 15.4 Å². The van der Waals surface area contributed by atoms with Gasteiger partial charge in [-0.1, -0.05) is 36.4 Å². The molecule has 1 aromatic heterocycles. The van der Waals surface area contributed by atoms with Crippen molar-refractivity contribution in [2.75, 3.05) is 12.4 Å². The second-order valence-electron chi connectivity index (χ2n) is 6.22. The van der Waals surface area contributed by atoms with Gasteiger partial charge in [0.25, 0.3) is 0 Å². The molecule has 0 aliphatic rings. The highest BCUT2D eigenvalue weighted by molar-refractivity contribution is 7.21. The third kappa shape index (κ3) is 4.13. The van der Waals surface area contributed by atoms with Crippen LogP contribution in [0.1, 0.15) is 5.56 Å². The van der Waals surface area contributed by atoms with Crippen LogP contribution in [0.2, 0.25) is 0 Å². The van der Waals surface area contributed by atoms with E-state index in [9.17, 15) is 4.79 Å². The van der Waals surface area contributed by atoms with Gasteiger partial charge in [0.15, 0.2) is 0 Å². The van der Waals surface area contributed by atoms with Gasteiger partial charge in [-0.05, 0) is 42.0 Å². The molecule has 0 bridgehead atoms. The highest BCUT2D eigenvalue weighted by Crippen LogP contribution is 2.31. The van der Waals surface area contributed by atoms with Crippen molar-refractivity contribution in [2.45, 2.75) is 6.54 Å². The number of fused-ring (bicyclic) bond motifs is 1. The van der Waals surface area contributed by atoms with Crippen LogP contribution in [0.5, 0.6) is 5.75 Å². The van der Waals surface area contributed by atoms with Gasteiger partial charge in [0.05, 0.1) is 17.3 Å². The number of rotatable bonds is 5. The topological polar surface area (TPSA) is 63.2 Å². The van der Waals surface area contributed by atoms with E-state index in [1.54, 1.807) is 18.4 Å². The number of hydrogen-bond acceptors (Lipinski definition) is 4. The molecule has 0 atom stereocenters. The first-order valence-corrected chi connectivity index (χ1v) is 9.67. The highest BCUT2D eigenvalue weighted by atomic mass is 32.1. The Morgan fingerprint density at radius 1 is 1.04 bits per heavy atom. The molecule has 0 spiro atoms. The minimum absolute atomic E-state index is 0.253. The number of urea groups is 1. The van der Waals surface area contributed by atoms with Gasteiger partial charge in [-0.15, -0.1) is 11.3 Å². The van der Waals surface area contributed by atoms with Gasteiger partial charge in [-0.3, -0.25) is 0 Å². The summed E-state index contributed by atoms with van der Waals surface area (Å²) < 4.78 is 6.28. The number of hydrogen-bond donors (Lipinski definition) is 2. The number of anilines is 1. The van der Waals surface area contributed by atoms with Gasteiger partial charge in [0, 0.05) is 17.8 Å². The molecule has 3 aromatic carbocycles. The van der Waals surface area contributed by atoms with Gasteiger partial charge < -0.3 is 15.4 Å². The van der Waals surface area contributed by atoms with E-state index in [1.807, 2.05) is 66.7 Å². The normalized spacial score (nSPS) is 10.6. The second-order valence-corrected chi connectivity index (χ2v) is 7.25. The van der Waals surface area contributed by atoms with Crippen LogP contribution >= 0.6 is 11.3 Å². The molecule has 0 aliphatic heterocycles. The van der Waals surface area contributed by atoms with Crippen LogP contribution in [-0.2, 0) is 6.54 Å². The summed E-state index contributed by atoms with van der Waals surface area (Å²) in [5.41, 5.74) is 3.69. The maximum absolute atomic E-state index is 12.2. The maximum Gasteiger partial charge on any atom is 0.319 e. The number of carbonyl (C=O) groups excluding carboxylic acids is 1. The molecule has 0 saturated heterocycles. The number of ether oxygens (including phenoxy) is 1. The number of benzene rings is 3. The van der Waals surface area contributed by atoms with Crippen LogP contribution in [0.4, 0.5) is 10.5 Å². The van der Waals surface area contributed by atoms with Crippen LogP contribution in [-0.4, -0.2) is 18.1 Å². The third-order valence-electron chi connectivity index (χ3n) is 4.27. The van der Waals surface area contributed by atoms with E-state index in [0.29, 0.717) is 6.54 Å². The van der Waals surface area contributed by atoms with E-state index in [1.165, 1.54) is 0 Å². The first kappa shape index (κ1) is 18.0. The number of aromatic nitrogens is 1. The van der Waals surface area contributed by atoms with Gasteiger partial charge in [0.2, 0.25) is 0 Å². The number of nitrogens with one attached hydrogen (secondary N) is 2. The quantitative estimate of drug-likeness (QED) is 0.487. The molecule has 4 aromatic rings. The minimum Gasteiger partial charge on any atom is -0.497 e. The Bertz CT molecular complexity index is 1070. The summed E-state index contributed by atoms with van der Waals surface area (Å²) in [5, 5.41) is 6.68. The molecule has 6 heteroatoms. The zero-order valence-electron chi connectivity index (χ0n) is 15.3. The molecule has 2 amide bonds. The summed E-state index contributed by atoms with van der Waals surface area (Å²) in [6.07, 6.45) is 0. The molecule has 5 nitrogen and oxygen atoms in total. The smallest absolute Gasteiger partial charge is 0.319 e. The van der Waals surface area contributed by atoms with E-state index in [4.69, 9.17) is 4.74 Å². The summed E-state index contributed by atoms with van der Waals surface area (Å²) in [7, 11) is 1.63. The van der Waals surface area contributed by atoms with E-state index >= 15 is 0 Å². The molecule has 0 unspecified atom stereocenters. The Morgan fingerprint density at radius 3 is 2.64 bits per heavy atom. The molecule has 0 radical (unpaired) electrons. The van der Waals surface area contributed by atoms with Gasteiger partial charge in [-0.25, -0.2) is 9.78 Å². The lowest BCUT2D eigenvalue weighted by Crippen LogP contribution is -2.28. The first-order valence-electron chi connectivity index (χ1n) is 8.85. The van der Waals surface area contributed by atoms with Crippen LogP contribution in [0.15, 0.2) is 72.8 Å². The van der Waals surface area contributed by atoms with Crippen molar-refractivity contribution in [2.24, 2.45) is 0 Å². The summed E-state index contributed by atoms with van der Waals surface area (Å²) >= 11 is 1.64. The summed E-state index contributed by atoms with van der Waals surface area (Å²) in [5.74, 6) is 0.792. The highest BCUT2D eigenvalue weighted by Gasteiger charge is 2.08. The average Bonchev–Trinajstić information content (AvgIpc) is 3.17. The fourth-order valence-corrected chi connectivity index (χ4v) is 3.79. The Labute approximate surface area is 167 Å². The lowest BCUT2D eigenvalue weighted by Gasteiger charge is -2.09. The average molecular weight is 389 g/mol. The SMILES string of the molecule is COc1ccc(CNC(=O)Nc2cccc(-c3nc4ccccc4s3)c2)cc1. The molecular weight excluding hydrogens is 370 g/mol. The maximum atomic E-state index is 12.2. The number of methoxy groups -OCH3 is 1. The summed E-state index contributed by atoms with van der Waals surface area (Å²) in [4.78, 5) is 16.9. The summed E-state index contributed by atoms with van der Waals surface area (Å²) in [6.45, 7) is 0.438. The van der Waals surface area contributed by atoms with Gasteiger partial charge >= 0.3 is 6.03 Å². The largest absolute Gasteiger partial charge is 0.497 e. The zero-order valence-corrected chi connectivity index (χ0v) is 16.1. The van der Waals surface area contributed by atoms with Crippen LogP contribution in [0.3, 0.4) is 0 Å². The predicted molar refractivity (Wildman–Crippen MR) is 114 cm³/mol. The van der Waals surface area contributed by atoms with Gasteiger partial charge in [-0.2, -0.15) is 0 Å². The first-order chi connectivity index (χ1) is 13.7. The van der Waals surface area contributed by atoms with Crippen molar-refractivity contribution in [1.82, 2.24) is 10.3 Å². The Balaban J connectivity index is 1.41. The molecule has 2 N–H and O–H groups in total. The number of nitrogens with zero attached hydrogens (tertiary/aromatic N) is 1. The lowest BCUT2D eigenvalue weighted by atomic mass is 10.2. The standard InChI is InChI=1S/C22H19N3O2S/c1-27-18-11-9-15(10-12-18)14-23-22(26)24-17-6-4-5-16(13-17)21-25-19-7-2-3-8-20(19)28-21/h2-13H,14H2,1H3,(H2,23,24,26). The fourth-order valence-electron chi connectivity index (χ4n) is 2.83. The third-order valence-corrected chi connectivity index (χ3v) is 5.36. The zero-order chi connectivity index (χ0) is 19.3. The molecule has 4 rings (SSSR count). The molecule has 0 saturated carbocycles. The van der Waals surface area contributed by atoms with Crippen molar-refractivity contribution >= 4 is 33.3 Å². The molecule has 28 heavy (non-hydrogen) atoms. The lowest BCUT2D eigenvalue weighted by molar-refractivity contribution is 0.251. The molecule has 1 heterocycles. The van der Waals surface area contributed by atoms with Crippen LogP contribution in [0, 0.1) is 0 Å². The van der Waals surface area contributed by atoms with E-state index in [-0.39, 0.29) is 6.03 Å². The van der Waals surface area contributed by atoms with E-state index < -0.39 is 0 Å². The molecule has 0 fully saturated rings. The molecular formula is C22H19N3O2S. The van der Waals surface area contributed by atoms with Crippen molar-refractivity contribution < 1.29 is 9.53 Å². The number of carbonyl (C=O) groups is 1. The fraction of sp³-hybridized carbons (Fsp3) is 0.0909. The molecule has 0 aliphatic carbocycles. The Morgan fingerprint density at radius 2 is 1.86 bits per heavy atom. The van der Waals surface area contributed by atoms with Crippen molar-refractivity contribution in [1.29, 1.82) is 0 Å². The second kappa shape index (κ2) is 8.10. The predicted octanol–water partition coefficient (Wildman–Crippen LogP) is 5.29. The minimum atomic E-state index is -0.253. The van der Waals surface area contributed by atoms with E-state index in [0.717, 1.165) is 37.8 Å². The van der Waals surface area contributed by atoms with E-state index in [2.05, 4.69) is 21.7 Å². The number of amides is 2. The van der Waals surface area contributed by atoms with Crippen molar-refractivity contribution in [3.05, 3.63) is 78.4 Å². The Kier molecular flexibility index (Phi) is 5.21. The number of para-hydroxylation sites is 1.